The van der Waals surface area contributed by atoms with Gasteiger partial charge in [0, 0.05) is 11.5 Å². The summed E-state index contributed by atoms with van der Waals surface area (Å²) in [6.07, 6.45) is 0.480. The average molecular weight is 331 g/mol. The predicted molar refractivity (Wildman–Crippen MR) is 85.4 cm³/mol. The molecule has 1 aromatic carbocycles. The van der Waals surface area contributed by atoms with Crippen LogP contribution in [0.2, 0.25) is 0 Å². The van der Waals surface area contributed by atoms with Crippen LogP contribution in [0, 0.1) is 0 Å². The van der Waals surface area contributed by atoms with Gasteiger partial charge in [0.15, 0.2) is 11.5 Å². The second-order valence-corrected chi connectivity index (χ2v) is 6.28. The maximum atomic E-state index is 10.0. The van der Waals surface area contributed by atoms with Crippen LogP contribution in [0.3, 0.4) is 0 Å². The van der Waals surface area contributed by atoms with Gasteiger partial charge in [-0.05, 0) is 26.0 Å². The number of hydrogen-bond donors (Lipinski definition) is 2. The molecule has 0 saturated heterocycles. The minimum atomic E-state index is -1.27. The lowest BCUT2D eigenvalue weighted by Gasteiger charge is -2.24. The van der Waals surface area contributed by atoms with Crippen molar-refractivity contribution in [3.63, 3.8) is 0 Å². The Morgan fingerprint density at radius 1 is 1.25 bits per heavy atom. The van der Waals surface area contributed by atoms with Crippen LogP contribution in [0.5, 0.6) is 17.2 Å². The molecule has 2 aromatic heterocycles. The smallest absolute Gasteiger partial charge is 0.231 e. The number of aliphatic hydroxyl groups is 2. The molecule has 7 nitrogen and oxygen atoms in total. The minimum absolute atomic E-state index is 0.0721. The highest BCUT2D eigenvalue weighted by Gasteiger charge is 2.26. The average Bonchev–Trinajstić information content (AvgIpc) is 3.16. The summed E-state index contributed by atoms with van der Waals surface area (Å²) in [5, 5.41) is 21.3. The number of aromatic nitrogens is 1. The fraction of sp³-hybridized carbons (Fsp3) is 0.353. The molecule has 24 heavy (non-hydrogen) atoms. The summed E-state index contributed by atoms with van der Waals surface area (Å²) in [7, 11) is 0. The molecule has 2 N–H and O–H groups in total. The van der Waals surface area contributed by atoms with Gasteiger partial charge in [-0.3, -0.25) is 0 Å². The van der Waals surface area contributed by atoms with Crippen LogP contribution >= 0.6 is 0 Å². The molecule has 0 radical (unpaired) electrons. The van der Waals surface area contributed by atoms with Crippen LogP contribution < -0.4 is 14.2 Å². The van der Waals surface area contributed by atoms with E-state index in [4.69, 9.17) is 18.6 Å². The van der Waals surface area contributed by atoms with Crippen molar-refractivity contribution in [2.75, 3.05) is 13.4 Å². The van der Waals surface area contributed by atoms with Crippen LogP contribution in [-0.2, 0) is 0 Å². The molecule has 1 aliphatic heterocycles. The van der Waals surface area contributed by atoms with Crippen LogP contribution in [0.25, 0.3) is 22.0 Å². The number of benzene rings is 1. The lowest BCUT2D eigenvalue weighted by Crippen LogP contribution is -2.40. The van der Waals surface area contributed by atoms with E-state index in [1.54, 1.807) is 18.2 Å². The fourth-order valence-corrected chi connectivity index (χ4v) is 2.54. The van der Waals surface area contributed by atoms with Gasteiger partial charge in [-0.2, -0.15) is 0 Å². The van der Waals surface area contributed by atoms with Crippen LogP contribution in [0.15, 0.2) is 28.9 Å². The molecule has 0 saturated carbocycles. The van der Waals surface area contributed by atoms with Gasteiger partial charge in [-0.25, -0.2) is 4.98 Å². The third-order valence-electron chi connectivity index (χ3n) is 4.05. The van der Waals surface area contributed by atoms with E-state index in [9.17, 15) is 10.2 Å². The Bertz CT molecular complexity index is 911. The normalized spacial score (nSPS) is 15.2. The summed E-state index contributed by atoms with van der Waals surface area (Å²) < 4.78 is 22.0. The third-order valence-corrected chi connectivity index (χ3v) is 4.05. The number of pyridine rings is 1. The highest BCUT2D eigenvalue weighted by Crippen LogP contribution is 2.41. The Morgan fingerprint density at radius 2 is 2.00 bits per heavy atom. The van der Waals surface area contributed by atoms with Gasteiger partial charge >= 0.3 is 0 Å². The van der Waals surface area contributed by atoms with Crippen molar-refractivity contribution >= 4 is 22.0 Å². The van der Waals surface area contributed by atoms with E-state index in [0.29, 0.717) is 33.9 Å². The second kappa shape index (κ2) is 5.25. The van der Waals surface area contributed by atoms with E-state index in [1.165, 1.54) is 20.1 Å². The second-order valence-electron chi connectivity index (χ2n) is 6.28. The van der Waals surface area contributed by atoms with Crippen LogP contribution in [0.4, 0.5) is 0 Å². The maximum Gasteiger partial charge on any atom is 0.231 e. The quantitative estimate of drug-likeness (QED) is 0.757. The van der Waals surface area contributed by atoms with Gasteiger partial charge in [0.05, 0.1) is 22.8 Å². The number of nitrogens with zero attached hydrogens (tertiary/aromatic N) is 1. The SMILES string of the molecule is CC(C)(O)C(O)COc1c2cc3c(cc2nc2occc12)OCO3. The fourth-order valence-electron chi connectivity index (χ4n) is 2.54. The zero-order valence-corrected chi connectivity index (χ0v) is 13.3. The molecule has 1 unspecified atom stereocenters. The van der Waals surface area contributed by atoms with E-state index in [2.05, 4.69) is 4.98 Å². The van der Waals surface area contributed by atoms with E-state index >= 15 is 0 Å². The molecule has 0 aliphatic carbocycles. The van der Waals surface area contributed by atoms with E-state index < -0.39 is 11.7 Å². The number of ether oxygens (including phenoxy) is 3. The van der Waals surface area contributed by atoms with Crippen molar-refractivity contribution in [1.82, 2.24) is 4.98 Å². The Labute approximate surface area is 137 Å². The number of rotatable bonds is 4. The molecule has 0 amide bonds. The molecule has 0 bridgehead atoms. The molecule has 7 heteroatoms. The zero-order chi connectivity index (χ0) is 16.9. The largest absolute Gasteiger partial charge is 0.489 e. The predicted octanol–water partition coefficient (Wildman–Crippen LogP) is 2.22. The standard InChI is InChI=1S/C17H17NO6/c1-17(2,20)14(19)7-22-15-9-3-4-21-16(9)18-11-6-13-12(5-10(11)15)23-8-24-13/h3-6,14,19-20H,7-8H2,1-2H3. The van der Waals surface area contributed by atoms with Crippen molar-refractivity contribution < 1.29 is 28.8 Å². The van der Waals surface area contributed by atoms with Crippen molar-refractivity contribution in [3.8, 4) is 17.2 Å². The summed E-state index contributed by atoms with van der Waals surface area (Å²) in [4.78, 5) is 4.46. The summed E-state index contributed by atoms with van der Waals surface area (Å²) in [6, 6.07) is 5.31. The summed E-state index contributed by atoms with van der Waals surface area (Å²) >= 11 is 0. The van der Waals surface area contributed by atoms with Gasteiger partial charge < -0.3 is 28.8 Å². The first-order chi connectivity index (χ1) is 11.4. The summed E-state index contributed by atoms with van der Waals surface area (Å²) in [6.45, 7) is 3.14. The Morgan fingerprint density at radius 3 is 2.75 bits per heavy atom. The number of aliphatic hydroxyl groups excluding tert-OH is 1. The van der Waals surface area contributed by atoms with Gasteiger partial charge in [-0.15, -0.1) is 0 Å². The van der Waals surface area contributed by atoms with Gasteiger partial charge in [0.1, 0.15) is 18.5 Å². The van der Waals surface area contributed by atoms with E-state index in [0.717, 1.165) is 5.39 Å². The molecule has 4 rings (SSSR count). The summed E-state index contributed by atoms with van der Waals surface area (Å²) in [5.41, 5.74) is -0.208. The lowest BCUT2D eigenvalue weighted by atomic mass is 10.0. The monoisotopic (exact) mass is 331 g/mol. The molecule has 0 spiro atoms. The molecule has 3 heterocycles. The maximum absolute atomic E-state index is 10.0. The highest BCUT2D eigenvalue weighted by atomic mass is 16.7. The molecule has 1 atom stereocenters. The minimum Gasteiger partial charge on any atom is -0.489 e. The first-order valence-electron chi connectivity index (χ1n) is 7.57. The Balaban J connectivity index is 1.82. The molecular weight excluding hydrogens is 314 g/mol. The molecule has 126 valence electrons. The summed E-state index contributed by atoms with van der Waals surface area (Å²) in [5.74, 6) is 1.74. The highest BCUT2D eigenvalue weighted by molar-refractivity contribution is 6.00. The number of fused-ring (bicyclic) bond motifs is 3. The molecule has 0 fully saturated rings. The van der Waals surface area contributed by atoms with Crippen molar-refractivity contribution in [2.45, 2.75) is 25.6 Å². The zero-order valence-electron chi connectivity index (χ0n) is 13.3. The third kappa shape index (κ3) is 2.42. The first-order valence-corrected chi connectivity index (χ1v) is 7.57. The molecular formula is C17H17NO6. The van der Waals surface area contributed by atoms with Crippen molar-refractivity contribution in [1.29, 1.82) is 0 Å². The first kappa shape index (κ1) is 15.0. The van der Waals surface area contributed by atoms with Gasteiger partial charge in [0.25, 0.3) is 0 Å². The van der Waals surface area contributed by atoms with Gasteiger partial charge in [0.2, 0.25) is 12.5 Å². The van der Waals surface area contributed by atoms with Crippen LogP contribution in [-0.4, -0.2) is 40.3 Å². The van der Waals surface area contributed by atoms with Crippen LogP contribution in [0.1, 0.15) is 13.8 Å². The molecule has 1 aliphatic rings. The van der Waals surface area contributed by atoms with E-state index in [1.807, 2.05) is 0 Å². The van der Waals surface area contributed by atoms with E-state index in [-0.39, 0.29) is 13.4 Å². The Kier molecular flexibility index (Phi) is 3.29. The van der Waals surface area contributed by atoms with Gasteiger partial charge in [-0.1, -0.05) is 0 Å². The van der Waals surface area contributed by atoms with Crippen molar-refractivity contribution in [2.24, 2.45) is 0 Å². The topological polar surface area (TPSA) is 94.2 Å². The number of furan rings is 1. The van der Waals surface area contributed by atoms with Crippen molar-refractivity contribution in [3.05, 3.63) is 24.5 Å². The molecule has 3 aromatic rings. The Hall–Kier alpha value is -2.51. The lowest BCUT2D eigenvalue weighted by molar-refractivity contribution is -0.0658. The number of hydrogen-bond acceptors (Lipinski definition) is 7.